The van der Waals surface area contributed by atoms with E-state index in [2.05, 4.69) is 74.5 Å². The van der Waals surface area contributed by atoms with Gasteiger partial charge in [-0.3, -0.25) is 0 Å². The van der Waals surface area contributed by atoms with Crippen molar-refractivity contribution in [1.82, 2.24) is 9.97 Å². The lowest BCUT2D eigenvalue weighted by molar-refractivity contribution is 1.43. The number of fused-ring (bicyclic) bond motifs is 2. The van der Waals surface area contributed by atoms with Gasteiger partial charge in [-0.25, -0.2) is 9.97 Å². The summed E-state index contributed by atoms with van der Waals surface area (Å²) in [6.45, 7) is 4.21. The molecule has 2 nitrogen and oxygen atoms in total. The summed E-state index contributed by atoms with van der Waals surface area (Å²) in [6, 6.07) is 21.5. The van der Waals surface area contributed by atoms with Crippen molar-refractivity contribution in [3.63, 3.8) is 0 Å². The summed E-state index contributed by atoms with van der Waals surface area (Å²) in [4.78, 5) is 9.71. The largest absolute Gasteiger partial charge is 0.236 e. The van der Waals surface area contributed by atoms with Crippen LogP contribution in [0.4, 0.5) is 0 Å². The Hall–Kier alpha value is -2.56. The first-order valence-electron chi connectivity index (χ1n) is 8.51. The highest BCUT2D eigenvalue weighted by atomic mass is 32.1. The van der Waals surface area contributed by atoms with Gasteiger partial charge in [0.2, 0.25) is 0 Å². The van der Waals surface area contributed by atoms with Gasteiger partial charge in [-0.05, 0) is 26.0 Å². The molecule has 0 aliphatic carbocycles. The molecule has 0 radical (unpaired) electrons. The van der Waals surface area contributed by atoms with Gasteiger partial charge < -0.3 is 0 Å². The van der Waals surface area contributed by atoms with Crippen LogP contribution in [0.5, 0.6) is 0 Å². The second-order valence-corrected chi connectivity index (χ2v) is 8.62. The van der Waals surface area contributed by atoms with Crippen LogP contribution >= 0.6 is 22.7 Å². The molecule has 0 atom stereocenters. The maximum atomic E-state index is 4.85. The second-order valence-electron chi connectivity index (χ2n) is 6.56. The molecule has 0 aliphatic heterocycles. The number of benzene rings is 3. The first-order chi connectivity index (χ1) is 12.7. The van der Waals surface area contributed by atoms with Gasteiger partial charge in [0, 0.05) is 11.1 Å². The molecule has 2 aromatic heterocycles. The molecule has 0 fully saturated rings. The van der Waals surface area contributed by atoms with E-state index in [0.29, 0.717) is 0 Å². The van der Waals surface area contributed by atoms with Crippen LogP contribution in [-0.2, 0) is 0 Å². The maximum absolute atomic E-state index is 4.85. The maximum Gasteiger partial charge on any atom is 0.124 e. The number of aromatic nitrogens is 2. The molecule has 2 heterocycles. The van der Waals surface area contributed by atoms with Crippen molar-refractivity contribution >= 4 is 43.1 Å². The van der Waals surface area contributed by atoms with Crippen molar-refractivity contribution < 1.29 is 0 Å². The summed E-state index contributed by atoms with van der Waals surface area (Å²) < 4.78 is 2.38. The van der Waals surface area contributed by atoms with Crippen LogP contribution < -0.4 is 0 Å². The predicted octanol–water partition coefficient (Wildman–Crippen LogP) is 6.86. The van der Waals surface area contributed by atoms with Gasteiger partial charge in [-0.15, -0.1) is 22.7 Å². The van der Waals surface area contributed by atoms with E-state index in [1.165, 1.54) is 31.7 Å². The molecule has 0 spiro atoms. The molecule has 126 valence electrons. The standard InChI is InChI=1S/C22H16N2S2/c1-13-3-7-15(8-4-13)21-23-17-11-20-18(12-19(17)25-21)24-22(26-20)16-9-5-14(2)6-10-16/h3-12H,1-2H3. The normalized spacial score (nSPS) is 11.5. The smallest absolute Gasteiger partial charge is 0.124 e. The van der Waals surface area contributed by atoms with Gasteiger partial charge in [0.25, 0.3) is 0 Å². The Morgan fingerprint density at radius 2 is 0.962 bits per heavy atom. The minimum Gasteiger partial charge on any atom is -0.236 e. The first kappa shape index (κ1) is 15.7. The van der Waals surface area contributed by atoms with Crippen LogP contribution in [0.3, 0.4) is 0 Å². The minimum atomic E-state index is 1.05. The zero-order valence-corrected chi connectivity index (χ0v) is 16.1. The Morgan fingerprint density at radius 1 is 0.577 bits per heavy atom. The van der Waals surface area contributed by atoms with Gasteiger partial charge in [0.15, 0.2) is 0 Å². The number of hydrogen-bond donors (Lipinski definition) is 0. The fourth-order valence-corrected chi connectivity index (χ4v) is 4.96. The second kappa shape index (κ2) is 6.01. The average molecular weight is 373 g/mol. The van der Waals surface area contributed by atoms with Crippen molar-refractivity contribution in [2.75, 3.05) is 0 Å². The molecule has 0 saturated carbocycles. The molecule has 0 N–H and O–H groups in total. The van der Waals surface area contributed by atoms with Crippen LogP contribution in [-0.4, -0.2) is 9.97 Å². The first-order valence-corrected chi connectivity index (χ1v) is 10.1. The Bertz CT molecular complexity index is 1080. The Kier molecular flexibility index (Phi) is 3.62. The molecule has 3 aromatic carbocycles. The Labute approximate surface area is 159 Å². The van der Waals surface area contributed by atoms with Crippen LogP contribution in [0.15, 0.2) is 60.7 Å². The summed E-state index contributed by atoms with van der Waals surface area (Å²) in [5.41, 5.74) is 6.99. The van der Waals surface area contributed by atoms with E-state index in [4.69, 9.17) is 9.97 Å². The van der Waals surface area contributed by atoms with Crippen molar-refractivity contribution in [1.29, 1.82) is 0 Å². The fourth-order valence-electron chi connectivity index (χ4n) is 2.99. The number of aryl methyl sites for hydroxylation is 2. The van der Waals surface area contributed by atoms with Gasteiger partial charge in [0.1, 0.15) is 10.0 Å². The fraction of sp³-hybridized carbons (Fsp3) is 0.0909. The average Bonchev–Trinajstić information content (AvgIpc) is 3.23. The molecule has 0 saturated heterocycles. The van der Waals surface area contributed by atoms with Crippen LogP contribution in [0.1, 0.15) is 11.1 Å². The third kappa shape index (κ3) is 2.71. The lowest BCUT2D eigenvalue weighted by Gasteiger charge is -1.96. The third-order valence-corrected chi connectivity index (χ3v) is 6.63. The molecule has 4 heteroatoms. The predicted molar refractivity (Wildman–Crippen MR) is 113 cm³/mol. The number of thiazole rings is 2. The topological polar surface area (TPSA) is 25.8 Å². The Balaban J connectivity index is 1.60. The highest BCUT2D eigenvalue weighted by Gasteiger charge is 2.11. The van der Waals surface area contributed by atoms with Gasteiger partial charge in [-0.2, -0.15) is 0 Å². The summed E-state index contributed by atoms with van der Waals surface area (Å²) in [5.74, 6) is 0. The molecular formula is C22H16N2S2. The highest BCUT2D eigenvalue weighted by molar-refractivity contribution is 7.23. The molecular weight excluding hydrogens is 356 g/mol. The molecule has 5 aromatic rings. The van der Waals surface area contributed by atoms with E-state index >= 15 is 0 Å². The molecule has 0 unspecified atom stereocenters. The summed E-state index contributed by atoms with van der Waals surface area (Å²) in [6.07, 6.45) is 0. The molecule has 5 rings (SSSR count). The van der Waals surface area contributed by atoms with E-state index in [1.54, 1.807) is 22.7 Å². The molecule has 0 aliphatic rings. The lowest BCUT2D eigenvalue weighted by Crippen LogP contribution is -1.76. The van der Waals surface area contributed by atoms with Crippen molar-refractivity contribution in [3.05, 3.63) is 71.8 Å². The number of rotatable bonds is 2. The monoisotopic (exact) mass is 372 g/mol. The number of hydrogen-bond acceptors (Lipinski definition) is 4. The summed E-state index contributed by atoms with van der Waals surface area (Å²) in [7, 11) is 0. The summed E-state index contributed by atoms with van der Waals surface area (Å²) in [5, 5.41) is 2.13. The van der Waals surface area contributed by atoms with Crippen LogP contribution in [0.2, 0.25) is 0 Å². The zero-order chi connectivity index (χ0) is 17.7. The van der Waals surface area contributed by atoms with Crippen LogP contribution in [0.25, 0.3) is 41.6 Å². The minimum absolute atomic E-state index is 1.05. The molecule has 0 bridgehead atoms. The van der Waals surface area contributed by atoms with E-state index in [0.717, 1.165) is 21.0 Å². The van der Waals surface area contributed by atoms with E-state index in [1.807, 2.05) is 0 Å². The number of nitrogens with zero attached hydrogens (tertiary/aromatic N) is 2. The Morgan fingerprint density at radius 3 is 1.35 bits per heavy atom. The van der Waals surface area contributed by atoms with Crippen molar-refractivity contribution in [3.8, 4) is 21.1 Å². The molecule has 26 heavy (non-hydrogen) atoms. The SMILES string of the molecule is Cc1ccc(-c2nc3cc4sc(-c5ccc(C)cc5)nc4cc3s2)cc1. The van der Waals surface area contributed by atoms with E-state index < -0.39 is 0 Å². The third-order valence-electron chi connectivity index (χ3n) is 4.49. The van der Waals surface area contributed by atoms with Gasteiger partial charge in [-0.1, -0.05) is 59.7 Å². The van der Waals surface area contributed by atoms with E-state index in [9.17, 15) is 0 Å². The van der Waals surface area contributed by atoms with Crippen molar-refractivity contribution in [2.24, 2.45) is 0 Å². The van der Waals surface area contributed by atoms with Crippen molar-refractivity contribution in [2.45, 2.75) is 13.8 Å². The highest BCUT2D eigenvalue weighted by Crippen LogP contribution is 2.36. The lowest BCUT2D eigenvalue weighted by atomic mass is 10.2. The molecule has 0 amide bonds. The van der Waals surface area contributed by atoms with Gasteiger partial charge in [0.05, 0.1) is 20.4 Å². The zero-order valence-electron chi connectivity index (χ0n) is 14.5. The van der Waals surface area contributed by atoms with Gasteiger partial charge >= 0.3 is 0 Å². The summed E-state index contributed by atoms with van der Waals surface area (Å²) >= 11 is 3.46. The quantitative estimate of drug-likeness (QED) is 0.338. The van der Waals surface area contributed by atoms with E-state index in [-0.39, 0.29) is 0 Å². The van der Waals surface area contributed by atoms with Crippen LogP contribution in [0, 0.1) is 13.8 Å².